The van der Waals surface area contributed by atoms with E-state index in [0.717, 1.165) is 12.8 Å². The van der Waals surface area contributed by atoms with Gasteiger partial charge in [0.2, 0.25) is 0 Å². The van der Waals surface area contributed by atoms with Gasteiger partial charge >= 0.3 is 0 Å². The molecule has 0 aliphatic carbocycles. The van der Waals surface area contributed by atoms with Crippen LogP contribution in [0.5, 0.6) is 5.75 Å². The summed E-state index contributed by atoms with van der Waals surface area (Å²) in [5.74, 6) is -0.748. The molecule has 2 unspecified atom stereocenters. The summed E-state index contributed by atoms with van der Waals surface area (Å²) in [6.07, 6.45) is 3.20. The van der Waals surface area contributed by atoms with Crippen molar-refractivity contribution in [1.29, 1.82) is 0 Å². The number of carbonyl (C=O) groups excluding carboxylic acids is 2. The average Bonchev–Trinajstić information content (AvgIpc) is 3.06. The highest BCUT2D eigenvalue weighted by Gasteiger charge is 2.32. The second kappa shape index (κ2) is 9.91. The van der Waals surface area contributed by atoms with Crippen LogP contribution in [-0.4, -0.2) is 48.5 Å². The lowest BCUT2D eigenvalue weighted by Crippen LogP contribution is -2.39. The zero-order valence-electron chi connectivity index (χ0n) is 16.5. The largest absolute Gasteiger partial charge is 0.483 e. The van der Waals surface area contributed by atoms with Crippen LogP contribution >= 0.6 is 12.4 Å². The molecule has 30 heavy (non-hydrogen) atoms. The quantitative estimate of drug-likeness (QED) is 0.759. The van der Waals surface area contributed by atoms with Gasteiger partial charge in [0.05, 0.1) is 11.3 Å². The van der Waals surface area contributed by atoms with E-state index in [1.165, 1.54) is 18.6 Å². The number of likely N-dealkylation sites (tertiary alicyclic amines) is 1. The van der Waals surface area contributed by atoms with Crippen molar-refractivity contribution in [1.82, 2.24) is 10.2 Å². The topological polar surface area (TPSA) is 70.7 Å². The number of para-hydroxylation sites is 2. The second-order valence-electron chi connectivity index (χ2n) is 7.49. The smallest absolute Gasteiger partial charge is 0.262 e. The number of hydrogen-bond donors (Lipinski definition) is 2. The van der Waals surface area contributed by atoms with Gasteiger partial charge in [0.1, 0.15) is 11.6 Å². The van der Waals surface area contributed by atoms with E-state index in [1.807, 2.05) is 4.90 Å². The lowest BCUT2D eigenvalue weighted by Gasteiger charge is -2.25. The maximum absolute atomic E-state index is 13.7. The first kappa shape index (κ1) is 22.1. The minimum atomic E-state index is -0.513. The molecule has 0 radical (unpaired) electrons. The minimum absolute atomic E-state index is 0. The SMILES string of the molecule is Cl.O=C(COc1ccccc1C(=O)N1CCC2CCC(C1)N2)Nc1ccccc1F. The van der Waals surface area contributed by atoms with E-state index in [1.54, 1.807) is 36.4 Å². The van der Waals surface area contributed by atoms with E-state index in [0.29, 0.717) is 36.5 Å². The summed E-state index contributed by atoms with van der Waals surface area (Å²) in [4.78, 5) is 27.1. The van der Waals surface area contributed by atoms with Gasteiger partial charge in [-0.15, -0.1) is 12.4 Å². The van der Waals surface area contributed by atoms with Gasteiger partial charge in [-0.2, -0.15) is 0 Å². The Balaban J connectivity index is 0.00000256. The predicted molar refractivity (Wildman–Crippen MR) is 115 cm³/mol. The fraction of sp³-hybridized carbons (Fsp3) is 0.364. The predicted octanol–water partition coefficient (Wildman–Crippen LogP) is 3.23. The summed E-state index contributed by atoms with van der Waals surface area (Å²) in [5.41, 5.74) is 0.529. The summed E-state index contributed by atoms with van der Waals surface area (Å²) in [6.45, 7) is 1.07. The number of rotatable bonds is 5. The van der Waals surface area contributed by atoms with Gasteiger partial charge in [-0.25, -0.2) is 4.39 Å². The summed E-state index contributed by atoms with van der Waals surface area (Å²) in [6, 6.07) is 13.7. The van der Waals surface area contributed by atoms with Gasteiger partial charge in [0.15, 0.2) is 6.61 Å². The summed E-state index contributed by atoms with van der Waals surface area (Å²) in [5, 5.41) is 6.04. The molecule has 2 heterocycles. The van der Waals surface area contributed by atoms with Crippen molar-refractivity contribution in [2.75, 3.05) is 25.0 Å². The molecular formula is C22H25ClFN3O3. The Hall–Kier alpha value is -2.64. The van der Waals surface area contributed by atoms with E-state index in [4.69, 9.17) is 4.74 Å². The number of carbonyl (C=O) groups is 2. The van der Waals surface area contributed by atoms with Crippen LogP contribution in [0.1, 0.15) is 29.6 Å². The van der Waals surface area contributed by atoms with Crippen molar-refractivity contribution >= 4 is 29.9 Å². The summed E-state index contributed by atoms with van der Waals surface area (Å²) < 4.78 is 19.3. The lowest BCUT2D eigenvalue weighted by atomic mass is 10.1. The molecule has 8 heteroatoms. The Bertz CT molecular complexity index is 911. The molecular weight excluding hydrogens is 409 g/mol. The number of nitrogens with one attached hydrogen (secondary N) is 2. The molecule has 6 nitrogen and oxygen atoms in total. The number of benzene rings is 2. The summed E-state index contributed by atoms with van der Waals surface area (Å²) >= 11 is 0. The molecule has 2 atom stereocenters. The first-order valence-corrected chi connectivity index (χ1v) is 9.91. The molecule has 2 aliphatic heterocycles. The van der Waals surface area contributed by atoms with E-state index < -0.39 is 11.7 Å². The van der Waals surface area contributed by atoms with E-state index in [-0.39, 0.29) is 30.6 Å². The van der Waals surface area contributed by atoms with Crippen LogP contribution in [0.25, 0.3) is 0 Å². The Morgan fingerprint density at radius 1 is 1.07 bits per heavy atom. The van der Waals surface area contributed by atoms with E-state index in [2.05, 4.69) is 10.6 Å². The number of ether oxygens (including phenoxy) is 1. The van der Waals surface area contributed by atoms with Gasteiger partial charge in [-0.1, -0.05) is 24.3 Å². The number of nitrogens with zero attached hydrogens (tertiary/aromatic N) is 1. The minimum Gasteiger partial charge on any atom is -0.483 e. The van der Waals surface area contributed by atoms with Gasteiger partial charge in [0, 0.05) is 25.2 Å². The molecule has 2 aromatic carbocycles. The monoisotopic (exact) mass is 433 g/mol. The second-order valence-corrected chi connectivity index (χ2v) is 7.49. The zero-order chi connectivity index (χ0) is 20.2. The molecule has 2 aromatic rings. The van der Waals surface area contributed by atoms with E-state index >= 15 is 0 Å². The van der Waals surface area contributed by atoms with Crippen LogP contribution in [0, 0.1) is 5.82 Å². The Morgan fingerprint density at radius 3 is 2.63 bits per heavy atom. The Morgan fingerprint density at radius 2 is 1.80 bits per heavy atom. The normalized spacial score (nSPS) is 20.1. The van der Waals surface area contributed by atoms with Crippen LogP contribution in [0.3, 0.4) is 0 Å². The maximum Gasteiger partial charge on any atom is 0.262 e. The Kier molecular flexibility index (Phi) is 7.29. The molecule has 2 bridgehead atoms. The first-order chi connectivity index (χ1) is 14.1. The lowest BCUT2D eigenvalue weighted by molar-refractivity contribution is -0.118. The molecule has 2 saturated heterocycles. The van der Waals surface area contributed by atoms with E-state index in [9.17, 15) is 14.0 Å². The number of anilines is 1. The number of hydrogen-bond acceptors (Lipinski definition) is 4. The van der Waals surface area contributed by atoms with Gasteiger partial charge in [-0.3, -0.25) is 9.59 Å². The van der Waals surface area contributed by atoms with Gasteiger partial charge in [0.25, 0.3) is 11.8 Å². The molecule has 160 valence electrons. The molecule has 2 aliphatic rings. The van der Waals surface area contributed by atoms with Crippen molar-refractivity contribution in [2.24, 2.45) is 0 Å². The van der Waals surface area contributed by atoms with Crippen LogP contribution in [0.2, 0.25) is 0 Å². The maximum atomic E-state index is 13.7. The third kappa shape index (κ3) is 5.09. The molecule has 2 amide bonds. The summed E-state index contributed by atoms with van der Waals surface area (Å²) in [7, 11) is 0. The standard InChI is InChI=1S/C22H24FN3O3.ClH/c23-18-6-2-3-7-19(18)25-21(27)14-29-20-8-4-1-5-17(20)22(28)26-12-11-15-9-10-16(13-26)24-15;/h1-8,15-16,24H,9-14H2,(H,25,27);1H. The fourth-order valence-corrected chi connectivity index (χ4v) is 3.96. The van der Waals surface area contributed by atoms with Crippen LogP contribution in [0.4, 0.5) is 10.1 Å². The fourth-order valence-electron chi connectivity index (χ4n) is 3.96. The molecule has 0 spiro atoms. The highest BCUT2D eigenvalue weighted by atomic mass is 35.5. The van der Waals surface area contributed by atoms with Crippen molar-refractivity contribution in [2.45, 2.75) is 31.3 Å². The van der Waals surface area contributed by atoms with Crippen LogP contribution in [0.15, 0.2) is 48.5 Å². The van der Waals surface area contributed by atoms with Crippen LogP contribution in [-0.2, 0) is 4.79 Å². The highest BCUT2D eigenvalue weighted by molar-refractivity contribution is 5.97. The molecule has 0 aromatic heterocycles. The third-order valence-corrected chi connectivity index (χ3v) is 5.43. The van der Waals surface area contributed by atoms with Gasteiger partial charge in [-0.05, 0) is 43.5 Å². The molecule has 0 saturated carbocycles. The molecule has 2 fully saturated rings. The number of amides is 2. The van der Waals surface area contributed by atoms with Gasteiger partial charge < -0.3 is 20.3 Å². The van der Waals surface area contributed by atoms with Crippen molar-refractivity contribution in [3.8, 4) is 5.75 Å². The number of fused-ring (bicyclic) bond motifs is 2. The average molecular weight is 434 g/mol. The first-order valence-electron chi connectivity index (χ1n) is 9.91. The van der Waals surface area contributed by atoms with Crippen LogP contribution < -0.4 is 15.4 Å². The molecule has 2 N–H and O–H groups in total. The Labute approximate surface area is 181 Å². The highest BCUT2D eigenvalue weighted by Crippen LogP contribution is 2.25. The number of halogens is 2. The zero-order valence-corrected chi connectivity index (χ0v) is 17.3. The van der Waals surface area contributed by atoms with Crippen molar-refractivity contribution in [3.05, 3.63) is 59.9 Å². The van der Waals surface area contributed by atoms with Crippen molar-refractivity contribution < 1.29 is 18.7 Å². The third-order valence-electron chi connectivity index (χ3n) is 5.43. The van der Waals surface area contributed by atoms with Crippen molar-refractivity contribution in [3.63, 3.8) is 0 Å². The molecule has 4 rings (SSSR count).